The molecule has 0 unspecified atom stereocenters. The largest absolute Gasteiger partial charge is 0.464 e. The lowest BCUT2D eigenvalue weighted by molar-refractivity contribution is -0.150. The van der Waals surface area contributed by atoms with Crippen LogP contribution in [-0.2, 0) is 29.9 Å². The fraction of sp³-hybridized carbons (Fsp3) is 0.273. The number of hydrogen-bond acceptors (Lipinski definition) is 5. The number of hydrogen-bond donors (Lipinski definition) is 1. The van der Waals surface area contributed by atoms with Crippen LogP contribution in [0.5, 0.6) is 0 Å². The quantitative estimate of drug-likeness (QED) is 0.501. The highest BCUT2D eigenvalue weighted by Gasteiger charge is 2.49. The van der Waals surface area contributed by atoms with Crippen molar-refractivity contribution in [3.8, 4) is 0 Å². The van der Waals surface area contributed by atoms with Crippen LogP contribution in [0.25, 0.3) is 0 Å². The highest BCUT2D eigenvalue weighted by molar-refractivity contribution is 7.89. The minimum absolute atomic E-state index is 0.00721. The lowest BCUT2D eigenvalue weighted by atomic mass is 9.81. The number of ketones is 1. The maximum Gasteiger partial charge on any atom is 0.336 e. The zero-order valence-electron chi connectivity index (χ0n) is 16.8. The molecule has 2 aromatic rings. The first-order chi connectivity index (χ1) is 13.7. The van der Waals surface area contributed by atoms with Gasteiger partial charge in [-0.25, -0.2) is 13.2 Å². The summed E-state index contributed by atoms with van der Waals surface area (Å²) >= 11 is 0. The summed E-state index contributed by atoms with van der Waals surface area (Å²) < 4.78 is 34.0. The van der Waals surface area contributed by atoms with Gasteiger partial charge >= 0.3 is 5.97 Å². The standard InChI is InChI=1S/C22H25NO5S/c1-5-20(24)17(4)22(21(25)28-6-2,18-10-8-7-9-11-18)23-29(26,27)19-14-12-16(3)13-15-19/h7-15,23H,4-6H2,1-3H3/t22-/m0/s1. The van der Waals surface area contributed by atoms with Crippen LogP contribution in [0.4, 0.5) is 0 Å². The van der Waals surface area contributed by atoms with Crippen molar-refractivity contribution in [3.63, 3.8) is 0 Å². The van der Waals surface area contributed by atoms with Crippen LogP contribution in [0.2, 0.25) is 0 Å². The number of carbonyl (C=O) groups excluding carboxylic acids is 2. The maximum absolute atomic E-state index is 13.2. The molecule has 2 rings (SSSR count). The number of sulfonamides is 1. The SMILES string of the molecule is C=C(C(=O)CC)[C@@](NS(=O)(=O)c1ccc(C)cc1)(C(=O)OCC)c1ccccc1. The molecule has 0 aromatic heterocycles. The van der Waals surface area contributed by atoms with E-state index in [0.29, 0.717) is 0 Å². The Morgan fingerprint density at radius 2 is 1.62 bits per heavy atom. The topological polar surface area (TPSA) is 89.5 Å². The molecule has 0 amide bonds. The van der Waals surface area contributed by atoms with Crippen molar-refractivity contribution in [1.29, 1.82) is 0 Å². The second-order valence-corrected chi connectivity index (χ2v) is 8.19. The molecule has 0 heterocycles. The molecule has 0 spiro atoms. The molecule has 0 saturated carbocycles. The second kappa shape index (κ2) is 9.15. The lowest BCUT2D eigenvalue weighted by Crippen LogP contribution is -2.55. The van der Waals surface area contributed by atoms with Gasteiger partial charge in [-0.05, 0) is 31.5 Å². The number of Topliss-reactive ketones (excluding diaryl/α,β-unsaturated/α-hetero) is 1. The summed E-state index contributed by atoms with van der Waals surface area (Å²) in [5, 5.41) is 0. The van der Waals surface area contributed by atoms with Gasteiger partial charge in [0.1, 0.15) is 0 Å². The fourth-order valence-corrected chi connectivity index (χ4v) is 4.25. The molecule has 0 fully saturated rings. The minimum atomic E-state index is -4.20. The van der Waals surface area contributed by atoms with Crippen LogP contribution in [0.1, 0.15) is 31.4 Å². The van der Waals surface area contributed by atoms with Gasteiger partial charge < -0.3 is 4.74 Å². The molecule has 0 aliphatic rings. The van der Waals surface area contributed by atoms with E-state index in [1.54, 1.807) is 56.3 Å². The summed E-state index contributed by atoms with van der Waals surface area (Å²) in [6, 6.07) is 14.3. The molecule has 0 bridgehead atoms. The predicted molar refractivity (Wildman–Crippen MR) is 111 cm³/mol. The van der Waals surface area contributed by atoms with E-state index >= 15 is 0 Å². The normalized spacial score (nSPS) is 13.3. The van der Waals surface area contributed by atoms with E-state index < -0.39 is 27.3 Å². The Balaban J connectivity index is 2.73. The molecule has 2 aromatic carbocycles. The van der Waals surface area contributed by atoms with Crippen molar-refractivity contribution in [2.24, 2.45) is 0 Å². The number of benzene rings is 2. The van der Waals surface area contributed by atoms with Crippen molar-refractivity contribution in [2.45, 2.75) is 37.6 Å². The van der Waals surface area contributed by atoms with Crippen molar-refractivity contribution in [2.75, 3.05) is 6.61 Å². The fourth-order valence-electron chi connectivity index (χ4n) is 2.91. The molecule has 1 N–H and O–H groups in total. The maximum atomic E-state index is 13.2. The van der Waals surface area contributed by atoms with Gasteiger partial charge in [0.2, 0.25) is 10.0 Å². The first kappa shape index (κ1) is 22.5. The number of nitrogens with one attached hydrogen (secondary N) is 1. The molecule has 29 heavy (non-hydrogen) atoms. The Bertz CT molecular complexity index is 997. The van der Waals surface area contributed by atoms with Crippen molar-refractivity contribution < 1.29 is 22.7 Å². The molecule has 154 valence electrons. The van der Waals surface area contributed by atoms with E-state index in [9.17, 15) is 18.0 Å². The third-order valence-electron chi connectivity index (χ3n) is 4.52. The number of esters is 1. The van der Waals surface area contributed by atoms with Crippen LogP contribution in [-0.4, -0.2) is 26.8 Å². The van der Waals surface area contributed by atoms with Gasteiger partial charge in [0.25, 0.3) is 0 Å². The molecule has 7 heteroatoms. The van der Waals surface area contributed by atoms with Crippen LogP contribution < -0.4 is 4.72 Å². The molecule has 0 saturated heterocycles. The lowest BCUT2D eigenvalue weighted by Gasteiger charge is -2.33. The molecule has 0 aliphatic heterocycles. The third kappa shape index (κ3) is 4.63. The van der Waals surface area contributed by atoms with Gasteiger partial charge in [-0.1, -0.05) is 61.5 Å². The van der Waals surface area contributed by atoms with Crippen molar-refractivity contribution >= 4 is 21.8 Å². The smallest absolute Gasteiger partial charge is 0.336 e. The van der Waals surface area contributed by atoms with Crippen molar-refractivity contribution in [1.82, 2.24) is 4.72 Å². The highest BCUT2D eigenvalue weighted by atomic mass is 32.2. The van der Waals surface area contributed by atoms with Crippen LogP contribution in [0.15, 0.2) is 71.6 Å². The minimum Gasteiger partial charge on any atom is -0.464 e. The number of rotatable bonds is 9. The Kier molecular flexibility index (Phi) is 7.11. The van der Waals surface area contributed by atoms with Gasteiger partial charge in [-0.3, -0.25) is 4.79 Å². The summed E-state index contributed by atoms with van der Waals surface area (Å²) in [6.45, 7) is 8.85. The summed E-state index contributed by atoms with van der Waals surface area (Å²) in [7, 11) is -4.20. The zero-order chi connectivity index (χ0) is 21.7. The first-order valence-corrected chi connectivity index (χ1v) is 10.7. The second-order valence-electron chi connectivity index (χ2n) is 6.51. The van der Waals surface area contributed by atoms with E-state index in [4.69, 9.17) is 4.74 Å². The van der Waals surface area contributed by atoms with E-state index in [0.717, 1.165) is 5.56 Å². The number of carbonyl (C=O) groups is 2. The average Bonchev–Trinajstić information content (AvgIpc) is 2.72. The summed E-state index contributed by atoms with van der Waals surface area (Å²) in [6.07, 6.45) is 0.0546. The van der Waals surface area contributed by atoms with Gasteiger partial charge in [-0.2, -0.15) is 4.72 Å². The van der Waals surface area contributed by atoms with Gasteiger partial charge in [0.15, 0.2) is 11.3 Å². The summed E-state index contributed by atoms with van der Waals surface area (Å²) in [4.78, 5) is 25.7. The van der Waals surface area contributed by atoms with Crippen molar-refractivity contribution in [3.05, 3.63) is 77.9 Å². The number of ether oxygens (including phenoxy) is 1. The van der Waals surface area contributed by atoms with Crippen LogP contribution in [0.3, 0.4) is 0 Å². The summed E-state index contributed by atoms with van der Waals surface area (Å²) in [5.41, 5.74) is -1.14. The Morgan fingerprint density at radius 1 is 1.03 bits per heavy atom. The van der Waals surface area contributed by atoms with Crippen LogP contribution in [0, 0.1) is 6.92 Å². The van der Waals surface area contributed by atoms with Gasteiger partial charge in [-0.15, -0.1) is 0 Å². The Morgan fingerprint density at radius 3 is 2.14 bits per heavy atom. The molecule has 0 radical (unpaired) electrons. The third-order valence-corrected chi connectivity index (χ3v) is 5.99. The molecule has 1 atom stereocenters. The average molecular weight is 416 g/mol. The molecular formula is C22H25NO5S. The number of aryl methyl sites for hydroxylation is 1. The molecule has 0 aliphatic carbocycles. The van der Waals surface area contributed by atoms with E-state index in [2.05, 4.69) is 11.3 Å². The highest BCUT2D eigenvalue weighted by Crippen LogP contribution is 2.33. The van der Waals surface area contributed by atoms with Crippen LogP contribution >= 0.6 is 0 Å². The van der Waals surface area contributed by atoms with E-state index in [1.165, 1.54) is 12.1 Å². The van der Waals surface area contributed by atoms with E-state index in [-0.39, 0.29) is 29.1 Å². The first-order valence-electron chi connectivity index (χ1n) is 9.25. The van der Waals surface area contributed by atoms with Gasteiger partial charge in [0, 0.05) is 12.0 Å². The predicted octanol–water partition coefficient (Wildman–Crippen LogP) is 3.27. The zero-order valence-corrected chi connectivity index (χ0v) is 17.6. The molecular weight excluding hydrogens is 390 g/mol. The monoisotopic (exact) mass is 415 g/mol. The Hall–Kier alpha value is -2.77. The molecule has 6 nitrogen and oxygen atoms in total. The summed E-state index contributed by atoms with van der Waals surface area (Å²) in [5.74, 6) is -1.36. The van der Waals surface area contributed by atoms with E-state index in [1.807, 2.05) is 6.92 Å². The van der Waals surface area contributed by atoms with Gasteiger partial charge in [0.05, 0.1) is 11.5 Å². The Labute approximate surface area is 171 Å².